The summed E-state index contributed by atoms with van der Waals surface area (Å²) in [5.41, 5.74) is 13.8. The smallest absolute Gasteiger partial charge is 0.147 e. The zero-order valence-corrected chi connectivity index (χ0v) is 27.8. The number of hydrogen-bond acceptors (Lipinski definition) is 0. The van der Waals surface area contributed by atoms with Crippen molar-refractivity contribution in [3.05, 3.63) is 106 Å². The SMILES string of the molecule is CCC1=Cc2c(-c3ccccc3)cccc2[CH]1[Ti]([CH3])([CH3])(=[SiH2])[CH]1C(CC)=Cc2c(C(C)C)cccc21.Cl.Cl. The molecule has 0 amide bonds. The van der Waals surface area contributed by atoms with Crippen LogP contribution in [0, 0.1) is 0 Å². The maximum absolute atomic E-state index is 3.21. The van der Waals surface area contributed by atoms with Gasteiger partial charge in [-0.15, -0.1) is 24.8 Å². The standard InChI is InChI=1S/C17H15.C14H17.2CH3.2ClH.H2Si.Ti/c1-2-13-11-15-9-6-10-16(17(15)12-13)14-7-4-3-5-8-14;1-4-11-8-12-6-5-7-13(10(2)3)14(12)9-11;;;;;;/h3-12H,2H2,1H3;5-10H,4H2,1-3H3;2*1H3;2*1H;1H2;. The van der Waals surface area contributed by atoms with E-state index in [9.17, 15) is 0 Å². The van der Waals surface area contributed by atoms with Crippen LogP contribution in [0.1, 0.15) is 82.7 Å². The van der Waals surface area contributed by atoms with Gasteiger partial charge < -0.3 is 0 Å². The van der Waals surface area contributed by atoms with Gasteiger partial charge in [-0.3, -0.25) is 0 Å². The van der Waals surface area contributed by atoms with Crippen molar-refractivity contribution >= 4 is 44.6 Å². The van der Waals surface area contributed by atoms with Crippen LogP contribution in [0.4, 0.5) is 0 Å². The van der Waals surface area contributed by atoms with Gasteiger partial charge in [0.1, 0.15) is 0 Å². The zero-order valence-electron chi connectivity index (χ0n) is 23.2. The molecule has 0 saturated heterocycles. The fourth-order valence-corrected chi connectivity index (χ4v) is 20.5. The molecule has 0 radical (unpaired) electrons. The van der Waals surface area contributed by atoms with E-state index in [0.29, 0.717) is 14.4 Å². The van der Waals surface area contributed by atoms with E-state index in [1.165, 1.54) is 27.8 Å². The molecule has 0 nitrogen and oxygen atoms in total. The number of halogens is 2. The number of allylic oxidation sites excluding steroid dienone is 2. The Balaban J connectivity index is 0.00000190. The van der Waals surface area contributed by atoms with Crippen molar-refractivity contribution in [3.8, 4) is 11.1 Å². The fourth-order valence-electron chi connectivity index (χ4n) is 7.34. The number of fused-ring (bicyclic) bond motifs is 2. The third-order valence-corrected chi connectivity index (χ3v) is 20.2. The van der Waals surface area contributed by atoms with Crippen molar-refractivity contribution in [3.63, 3.8) is 0 Å². The predicted molar refractivity (Wildman–Crippen MR) is 169 cm³/mol. The monoisotopic (exact) mass is 584 g/mol. The minimum absolute atomic E-state index is 0. The van der Waals surface area contributed by atoms with Crippen LogP contribution in [0.15, 0.2) is 77.9 Å². The van der Waals surface area contributed by atoms with Crippen molar-refractivity contribution in [1.29, 1.82) is 0 Å². The molecule has 2 aliphatic rings. The Labute approximate surface area is 239 Å². The molecule has 37 heavy (non-hydrogen) atoms. The van der Waals surface area contributed by atoms with Crippen molar-refractivity contribution in [2.24, 2.45) is 0 Å². The Kier molecular flexibility index (Phi) is 9.00. The summed E-state index contributed by atoms with van der Waals surface area (Å²) < 4.78 is 1.16. The first-order valence-corrected chi connectivity index (χ1v) is 22.4. The van der Waals surface area contributed by atoms with Crippen molar-refractivity contribution in [1.82, 2.24) is 0 Å². The van der Waals surface area contributed by atoms with Crippen LogP contribution in [-0.4, -0.2) is 7.63 Å². The summed E-state index contributed by atoms with van der Waals surface area (Å²) in [4.78, 5) is 0. The van der Waals surface area contributed by atoms with Crippen LogP contribution in [-0.2, 0) is 14.0 Å². The molecule has 0 spiro atoms. The van der Waals surface area contributed by atoms with Gasteiger partial charge in [-0.25, -0.2) is 0 Å². The van der Waals surface area contributed by atoms with Gasteiger partial charge in [-0.1, -0.05) is 0 Å². The summed E-state index contributed by atoms with van der Waals surface area (Å²) in [6.07, 6.45) is 7.43. The van der Waals surface area contributed by atoms with Gasteiger partial charge in [-0.2, -0.15) is 0 Å². The normalized spacial score (nSPS) is 18.4. The van der Waals surface area contributed by atoms with Gasteiger partial charge in [0.15, 0.2) is 0 Å². The molecule has 0 fully saturated rings. The molecule has 2 atom stereocenters. The molecule has 3 aromatic rings. The van der Waals surface area contributed by atoms with Crippen molar-refractivity contribution in [2.45, 2.75) is 65.4 Å². The molecule has 0 aromatic heterocycles. The van der Waals surface area contributed by atoms with E-state index in [2.05, 4.69) is 125 Å². The summed E-state index contributed by atoms with van der Waals surface area (Å²) >= 11 is -3.21. The first kappa shape index (κ1) is 30.2. The largest absolute Gasteiger partial charge is 0.147 e. The average molecular weight is 586 g/mol. The molecule has 196 valence electrons. The second-order valence-electron chi connectivity index (χ2n) is 12.1. The number of hydrogen-bond donors (Lipinski definition) is 0. The van der Waals surface area contributed by atoms with Gasteiger partial charge in [0, 0.05) is 0 Å². The van der Waals surface area contributed by atoms with Gasteiger partial charge >= 0.3 is 216 Å². The summed E-state index contributed by atoms with van der Waals surface area (Å²) in [6, 6.07) is 25.2. The van der Waals surface area contributed by atoms with Crippen LogP contribution >= 0.6 is 24.8 Å². The summed E-state index contributed by atoms with van der Waals surface area (Å²) in [5.74, 6) is 0.552. The Morgan fingerprint density at radius 3 is 1.76 bits per heavy atom. The Bertz CT molecular complexity index is 1430. The second-order valence-corrected chi connectivity index (χ2v) is 32.3. The Morgan fingerprint density at radius 1 is 0.703 bits per heavy atom. The molecule has 4 heteroatoms. The molecule has 0 heterocycles. The molecule has 0 bridgehead atoms. The van der Waals surface area contributed by atoms with Gasteiger partial charge in [0.05, 0.1) is 0 Å². The molecule has 0 aliphatic heterocycles. The predicted octanol–water partition coefficient (Wildman–Crippen LogP) is 10.1. The molecule has 5 rings (SSSR count). The van der Waals surface area contributed by atoms with E-state index < -0.39 is 14.0 Å². The quantitative estimate of drug-likeness (QED) is 0.253. The first-order valence-electron chi connectivity index (χ1n) is 13.5. The van der Waals surface area contributed by atoms with Crippen LogP contribution < -0.4 is 0 Å². The van der Waals surface area contributed by atoms with E-state index in [1.54, 1.807) is 22.3 Å². The molecular formula is C33H42Cl2SiTi. The molecular weight excluding hydrogens is 543 g/mol. The van der Waals surface area contributed by atoms with E-state index in [4.69, 9.17) is 0 Å². The van der Waals surface area contributed by atoms with Crippen LogP contribution in [0.2, 0.25) is 10.5 Å². The third-order valence-electron chi connectivity index (χ3n) is 8.76. The minimum atomic E-state index is -3.21. The minimum Gasteiger partial charge on any atom is -0.147 e. The molecule has 0 saturated carbocycles. The number of rotatable bonds is 6. The van der Waals surface area contributed by atoms with E-state index in [-0.39, 0.29) is 24.8 Å². The zero-order chi connectivity index (χ0) is 25.0. The van der Waals surface area contributed by atoms with E-state index in [1.807, 2.05) is 0 Å². The second kappa shape index (κ2) is 11.0. The van der Waals surface area contributed by atoms with E-state index in [0.717, 1.165) is 12.8 Å². The van der Waals surface area contributed by atoms with Gasteiger partial charge in [0.2, 0.25) is 0 Å². The topological polar surface area (TPSA) is 0 Å². The van der Waals surface area contributed by atoms with Crippen molar-refractivity contribution in [2.75, 3.05) is 0 Å². The molecule has 3 aromatic carbocycles. The van der Waals surface area contributed by atoms with Crippen LogP contribution in [0.3, 0.4) is 0 Å². The third kappa shape index (κ3) is 4.92. The molecule has 2 unspecified atom stereocenters. The maximum Gasteiger partial charge on any atom is -0.147 e. The van der Waals surface area contributed by atoms with Gasteiger partial charge in [-0.05, 0) is 0 Å². The van der Waals surface area contributed by atoms with Crippen LogP contribution in [0.5, 0.6) is 0 Å². The summed E-state index contributed by atoms with van der Waals surface area (Å²) in [7, 11) is 2.45. The summed E-state index contributed by atoms with van der Waals surface area (Å²) in [6.45, 7) is 9.43. The van der Waals surface area contributed by atoms with E-state index >= 15 is 0 Å². The van der Waals surface area contributed by atoms with Crippen LogP contribution in [0.25, 0.3) is 23.3 Å². The average Bonchev–Trinajstić information content (AvgIpc) is 3.43. The summed E-state index contributed by atoms with van der Waals surface area (Å²) in [5, 5.41) is 5.50. The molecule has 2 aliphatic carbocycles. The molecule has 0 N–H and O–H groups in total. The maximum atomic E-state index is 2.75. The first-order chi connectivity index (χ1) is 16.7. The fraction of sp³-hybridized carbons (Fsp3) is 0.333. The Hall–Kier alpha value is -1.35. The number of benzene rings is 3. The van der Waals surface area contributed by atoms with Gasteiger partial charge in [0.25, 0.3) is 0 Å². The Morgan fingerprint density at radius 2 is 1.22 bits per heavy atom. The van der Waals surface area contributed by atoms with Crippen molar-refractivity contribution < 1.29 is 14.0 Å².